The molecule has 1 amide bonds. The number of amides is 1. The van der Waals surface area contributed by atoms with E-state index in [4.69, 9.17) is 9.84 Å². The van der Waals surface area contributed by atoms with Crippen LogP contribution in [0.3, 0.4) is 0 Å². The van der Waals surface area contributed by atoms with Gasteiger partial charge in [-0.15, -0.1) is 0 Å². The predicted molar refractivity (Wildman–Crippen MR) is 137 cm³/mol. The molecule has 4 aromatic rings. The zero-order valence-corrected chi connectivity index (χ0v) is 19.9. The Bertz CT molecular complexity index is 1400. The molecule has 0 radical (unpaired) electrons. The first-order valence-corrected chi connectivity index (χ1v) is 11.3. The van der Waals surface area contributed by atoms with Crippen molar-refractivity contribution in [3.05, 3.63) is 107 Å². The second kappa shape index (κ2) is 10.5. The fraction of sp³-hybridized carbons (Fsp3) is 0.138. The van der Waals surface area contributed by atoms with Gasteiger partial charge in [-0.3, -0.25) is 4.79 Å². The van der Waals surface area contributed by atoms with Gasteiger partial charge in [0, 0.05) is 17.3 Å². The van der Waals surface area contributed by atoms with Crippen molar-refractivity contribution in [3.63, 3.8) is 0 Å². The molecule has 0 bridgehead atoms. The summed E-state index contributed by atoms with van der Waals surface area (Å²) < 4.78 is 7.14. The molecule has 4 rings (SSSR count). The number of aromatic nitrogens is 2. The van der Waals surface area contributed by atoms with E-state index < -0.39 is 5.91 Å². The molecule has 3 aromatic carbocycles. The summed E-state index contributed by atoms with van der Waals surface area (Å²) in [6.07, 6.45) is 3.42. The maximum Gasteiger partial charge on any atom is 0.262 e. The molecule has 35 heavy (non-hydrogen) atoms. The number of carbonyl (C=O) groups is 1. The average Bonchev–Trinajstić information content (AvgIpc) is 3.32. The normalized spacial score (nSPS) is 12.0. The number of rotatable bonds is 7. The lowest BCUT2D eigenvalue weighted by Gasteiger charge is -2.13. The van der Waals surface area contributed by atoms with E-state index >= 15 is 0 Å². The second-order valence-electron chi connectivity index (χ2n) is 8.17. The number of hydrogen-bond donors (Lipinski definition) is 1. The number of nitriles is 1. The molecule has 0 fully saturated rings. The van der Waals surface area contributed by atoms with Gasteiger partial charge in [-0.25, -0.2) is 4.68 Å². The van der Waals surface area contributed by atoms with Gasteiger partial charge in [0.05, 0.1) is 18.8 Å². The third-order valence-electron chi connectivity index (χ3n) is 5.74. The average molecular weight is 463 g/mol. The van der Waals surface area contributed by atoms with Crippen LogP contribution in [0.5, 0.6) is 5.75 Å². The van der Waals surface area contributed by atoms with Crippen LogP contribution >= 0.6 is 0 Å². The number of aryl methyl sites for hydroxylation is 1. The van der Waals surface area contributed by atoms with Crippen molar-refractivity contribution in [2.75, 3.05) is 7.11 Å². The zero-order chi connectivity index (χ0) is 24.8. The molecule has 1 N–H and O–H groups in total. The number of nitrogens with one attached hydrogen (secondary N) is 1. The molecule has 0 saturated heterocycles. The van der Waals surface area contributed by atoms with Crippen LogP contribution in [0.2, 0.25) is 0 Å². The molecule has 0 saturated carbocycles. The Kier molecular flexibility index (Phi) is 7.08. The molecule has 1 heterocycles. The van der Waals surface area contributed by atoms with Gasteiger partial charge in [-0.1, -0.05) is 48.5 Å². The summed E-state index contributed by atoms with van der Waals surface area (Å²) in [5, 5.41) is 17.5. The Labute approximate surface area is 205 Å². The number of ether oxygens (including phenoxy) is 1. The number of benzene rings is 3. The van der Waals surface area contributed by atoms with Crippen molar-refractivity contribution in [1.29, 1.82) is 5.26 Å². The number of methoxy groups -OCH3 is 1. The lowest BCUT2D eigenvalue weighted by Crippen LogP contribution is -2.27. The van der Waals surface area contributed by atoms with E-state index in [0.717, 1.165) is 28.1 Å². The number of para-hydroxylation sites is 1. The van der Waals surface area contributed by atoms with E-state index in [1.807, 2.05) is 98.9 Å². The third kappa shape index (κ3) is 5.31. The molecule has 1 aromatic heterocycles. The Morgan fingerprint density at radius 2 is 1.77 bits per heavy atom. The standard InChI is InChI=1S/C29H26N4O2/c1-20-16-23(14-15-27(20)35-3)28-25(19-33(32-28)26-12-8-5-9-13-26)17-24(18-30)29(34)31-21(2)22-10-6-4-7-11-22/h4-17,19,21H,1-3H3,(H,31,34)/b24-17+/t21-/m1/s1. The largest absolute Gasteiger partial charge is 0.496 e. The van der Waals surface area contributed by atoms with Gasteiger partial charge < -0.3 is 10.1 Å². The summed E-state index contributed by atoms with van der Waals surface area (Å²) in [6, 6.07) is 26.9. The fourth-order valence-electron chi connectivity index (χ4n) is 3.86. The molecule has 174 valence electrons. The number of nitrogens with zero attached hydrogens (tertiary/aromatic N) is 3. The molecule has 6 heteroatoms. The summed E-state index contributed by atoms with van der Waals surface area (Å²) in [7, 11) is 1.63. The molecular formula is C29H26N4O2. The molecule has 0 aliphatic heterocycles. The van der Waals surface area contributed by atoms with Crippen molar-refractivity contribution in [2.45, 2.75) is 19.9 Å². The first-order valence-electron chi connectivity index (χ1n) is 11.3. The first kappa shape index (κ1) is 23.5. The van der Waals surface area contributed by atoms with Gasteiger partial charge in [-0.2, -0.15) is 10.4 Å². The molecule has 0 aliphatic carbocycles. The monoisotopic (exact) mass is 462 g/mol. The SMILES string of the molecule is COc1ccc(-c2nn(-c3ccccc3)cc2/C=C(\C#N)C(=O)N[C@H](C)c2ccccc2)cc1C. The van der Waals surface area contributed by atoms with Gasteiger partial charge in [0.15, 0.2) is 0 Å². The van der Waals surface area contributed by atoms with Crippen molar-refractivity contribution in [2.24, 2.45) is 0 Å². The highest BCUT2D eigenvalue weighted by atomic mass is 16.5. The van der Waals surface area contributed by atoms with E-state index in [1.165, 1.54) is 0 Å². The van der Waals surface area contributed by atoms with Gasteiger partial charge >= 0.3 is 0 Å². The highest BCUT2D eigenvalue weighted by Crippen LogP contribution is 2.29. The zero-order valence-electron chi connectivity index (χ0n) is 19.9. The van der Waals surface area contributed by atoms with E-state index in [1.54, 1.807) is 17.9 Å². The lowest BCUT2D eigenvalue weighted by molar-refractivity contribution is -0.117. The van der Waals surface area contributed by atoms with Gasteiger partial charge in [-0.05, 0) is 61.4 Å². The van der Waals surface area contributed by atoms with Crippen LogP contribution in [-0.4, -0.2) is 22.8 Å². The number of hydrogen-bond acceptors (Lipinski definition) is 4. The minimum absolute atomic E-state index is 0.00637. The molecule has 0 unspecified atom stereocenters. The Morgan fingerprint density at radius 3 is 2.40 bits per heavy atom. The Morgan fingerprint density at radius 1 is 1.09 bits per heavy atom. The summed E-state index contributed by atoms with van der Waals surface area (Å²) in [5.41, 5.74) is 4.99. The first-order chi connectivity index (χ1) is 17.0. The Balaban J connectivity index is 1.73. The van der Waals surface area contributed by atoms with Crippen molar-refractivity contribution < 1.29 is 9.53 Å². The molecule has 0 aliphatic rings. The highest BCUT2D eigenvalue weighted by Gasteiger charge is 2.17. The van der Waals surface area contributed by atoms with Crippen molar-refractivity contribution >= 4 is 12.0 Å². The van der Waals surface area contributed by atoms with E-state index in [-0.39, 0.29) is 11.6 Å². The summed E-state index contributed by atoms with van der Waals surface area (Å²) in [4.78, 5) is 13.0. The van der Waals surface area contributed by atoms with Crippen LogP contribution < -0.4 is 10.1 Å². The predicted octanol–water partition coefficient (Wildman–Crippen LogP) is 5.64. The number of carbonyl (C=O) groups excluding carboxylic acids is 1. The van der Waals surface area contributed by atoms with Crippen LogP contribution in [-0.2, 0) is 4.79 Å². The lowest BCUT2D eigenvalue weighted by atomic mass is 10.0. The third-order valence-corrected chi connectivity index (χ3v) is 5.74. The highest BCUT2D eigenvalue weighted by molar-refractivity contribution is 6.02. The summed E-state index contributed by atoms with van der Waals surface area (Å²) >= 11 is 0. The topological polar surface area (TPSA) is 79.9 Å². The van der Waals surface area contributed by atoms with Crippen LogP contribution in [0.1, 0.15) is 29.7 Å². The van der Waals surface area contributed by atoms with E-state index in [2.05, 4.69) is 11.4 Å². The van der Waals surface area contributed by atoms with Gasteiger partial charge in [0.1, 0.15) is 23.1 Å². The summed E-state index contributed by atoms with van der Waals surface area (Å²) in [6.45, 7) is 3.85. The molecule has 0 spiro atoms. The van der Waals surface area contributed by atoms with E-state index in [0.29, 0.717) is 11.3 Å². The minimum Gasteiger partial charge on any atom is -0.496 e. The summed E-state index contributed by atoms with van der Waals surface area (Å²) in [5.74, 6) is 0.341. The maximum atomic E-state index is 13.0. The van der Waals surface area contributed by atoms with Crippen molar-refractivity contribution in [1.82, 2.24) is 15.1 Å². The second-order valence-corrected chi connectivity index (χ2v) is 8.17. The molecular weight excluding hydrogens is 436 g/mol. The van der Waals surface area contributed by atoms with Gasteiger partial charge in [0.2, 0.25) is 0 Å². The van der Waals surface area contributed by atoms with E-state index in [9.17, 15) is 10.1 Å². The quantitative estimate of drug-likeness (QED) is 0.285. The van der Waals surface area contributed by atoms with Crippen LogP contribution in [0.4, 0.5) is 0 Å². The maximum absolute atomic E-state index is 13.0. The molecule has 1 atom stereocenters. The minimum atomic E-state index is -0.437. The van der Waals surface area contributed by atoms with Crippen LogP contribution in [0.15, 0.2) is 90.6 Å². The van der Waals surface area contributed by atoms with Crippen molar-refractivity contribution in [3.8, 4) is 28.8 Å². The smallest absolute Gasteiger partial charge is 0.262 e. The Hall–Kier alpha value is -4.63. The van der Waals surface area contributed by atoms with Crippen LogP contribution in [0.25, 0.3) is 23.0 Å². The van der Waals surface area contributed by atoms with Crippen LogP contribution in [0, 0.1) is 18.3 Å². The fourth-order valence-corrected chi connectivity index (χ4v) is 3.86. The van der Waals surface area contributed by atoms with Gasteiger partial charge in [0.25, 0.3) is 5.91 Å². The molecule has 6 nitrogen and oxygen atoms in total.